The fourth-order valence-corrected chi connectivity index (χ4v) is 4.09. The van der Waals surface area contributed by atoms with Crippen LogP contribution in [0.5, 0.6) is 0 Å². The number of benzene rings is 2. The number of carbonyl (C=O) groups is 1. The van der Waals surface area contributed by atoms with Crippen LogP contribution in [0.1, 0.15) is 10.4 Å². The van der Waals surface area contributed by atoms with Gasteiger partial charge in [-0.05, 0) is 18.2 Å². The van der Waals surface area contributed by atoms with Crippen LogP contribution in [0.3, 0.4) is 0 Å². The van der Waals surface area contributed by atoms with Crippen molar-refractivity contribution in [3.05, 3.63) is 53.3 Å². The van der Waals surface area contributed by atoms with Gasteiger partial charge in [0.15, 0.2) is 17.5 Å². The zero-order chi connectivity index (χ0) is 19.8. The number of β-amino-alcohol motifs (C(OH)–C–C–N with tert-alkyl or cyclic N) is 1. The Morgan fingerprint density at radius 1 is 1.19 bits per heavy atom. The summed E-state index contributed by atoms with van der Waals surface area (Å²) in [7, 11) is -3.93. The van der Waals surface area contributed by atoms with Gasteiger partial charge in [0, 0.05) is 29.9 Å². The normalized spacial score (nSPS) is 15.7. The molecule has 0 fully saturated rings. The lowest BCUT2D eigenvalue weighted by atomic mass is 10.2. The smallest absolute Gasteiger partial charge is 0.255 e. The standard InChI is InChI=1S/C16H14F3N3O4S/c17-11-6-10(7-12(18)15(11)19)21-16(24)9-1-2-13-14(5-9)27(25,26)22(3-4-23)8-20-13/h1-2,5-7,20,23H,3-4,8H2,(H,21,24). The van der Waals surface area contributed by atoms with E-state index < -0.39 is 33.4 Å². The fourth-order valence-electron chi connectivity index (χ4n) is 2.56. The molecule has 0 unspecified atom stereocenters. The summed E-state index contributed by atoms with van der Waals surface area (Å²) in [5.74, 6) is -5.44. The first-order valence-corrected chi connectivity index (χ1v) is 9.13. The molecule has 2 aromatic rings. The molecule has 0 bridgehead atoms. The summed E-state index contributed by atoms with van der Waals surface area (Å²) in [5, 5.41) is 14.0. The van der Waals surface area contributed by atoms with E-state index in [0.717, 1.165) is 10.4 Å². The Hall–Kier alpha value is -2.63. The average molecular weight is 401 g/mol. The van der Waals surface area contributed by atoms with Gasteiger partial charge in [-0.25, -0.2) is 21.6 Å². The summed E-state index contributed by atoms with van der Waals surface area (Å²) in [6.07, 6.45) is 0. The van der Waals surface area contributed by atoms with Crippen molar-refractivity contribution in [1.82, 2.24) is 4.31 Å². The first-order valence-electron chi connectivity index (χ1n) is 7.69. The quantitative estimate of drug-likeness (QED) is 0.678. The second-order valence-electron chi connectivity index (χ2n) is 5.66. The number of aliphatic hydroxyl groups excluding tert-OH is 1. The lowest BCUT2D eigenvalue weighted by Crippen LogP contribution is -2.41. The number of hydrogen-bond acceptors (Lipinski definition) is 5. The highest BCUT2D eigenvalue weighted by molar-refractivity contribution is 7.89. The number of carbonyl (C=O) groups excluding carboxylic acids is 1. The van der Waals surface area contributed by atoms with E-state index in [2.05, 4.69) is 10.6 Å². The summed E-state index contributed by atoms with van der Waals surface area (Å²) in [6, 6.07) is 5.03. The molecule has 0 atom stereocenters. The molecule has 0 spiro atoms. The molecule has 0 saturated heterocycles. The Labute approximate surface area is 152 Å². The molecule has 0 aliphatic carbocycles. The Morgan fingerprint density at radius 2 is 1.85 bits per heavy atom. The monoisotopic (exact) mass is 401 g/mol. The van der Waals surface area contributed by atoms with Crippen molar-refractivity contribution >= 4 is 27.3 Å². The third-order valence-electron chi connectivity index (χ3n) is 3.90. The van der Waals surface area contributed by atoms with E-state index in [9.17, 15) is 26.4 Å². The number of amides is 1. The molecule has 1 aliphatic heterocycles. The van der Waals surface area contributed by atoms with E-state index in [-0.39, 0.29) is 41.7 Å². The Bertz CT molecular complexity index is 991. The number of nitrogens with zero attached hydrogens (tertiary/aromatic N) is 1. The molecule has 7 nitrogen and oxygen atoms in total. The molecular formula is C16H14F3N3O4S. The molecular weight excluding hydrogens is 387 g/mol. The molecule has 0 aromatic heterocycles. The third kappa shape index (κ3) is 3.61. The zero-order valence-electron chi connectivity index (χ0n) is 13.7. The van der Waals surface area contributed by atoms with Crippen LogP contribution in [0.4, 0.5) is 24.5 Å². The van der Waals surface area contributed by atoms with Gasteiger partial charge in [0.05, 0.1) is 19.0 Å². The SMILES string of the molecule is O=C(Nc1cc(F)c(F)c(F)c1)c1ccc2c(c1)S(=O)(=O)N(CCO)CN2. The summed E-state index contributed by atoms with van der Waals surface area (Å²) >= 11 is 0. The topological polar surface area (TPSA) is 98.7 Å². The Morgan fingerprint density at radius 3 is 2.48 bits per heavy atom. The number of sulfonamides is 1. The molecule has 2 aromatic carbocycles. The van der Waals surface area contributed by atoms with E-state index in [1.54, 1.807) is 0 Å². The molecule has 27 heavy (non-hydrogen) atoms. The molecule has 11 heteroatoms. The minimum atomic E-state index is -3.93. The summed E-state index contributed by atoms with van der Waals surface area (Å²) < 4.78 is 65.6. The van der Waals surface area contributed by atoms with Gasteiger partial charge in [0.1, 0.15) is 4.90 Å². The summed E-state index contributed by atoms with van der Waals surface area (Å²) in [4.78, 5) is 12.1. The van der Waals surface area contributed by atoms with Gasteiger partial charge in [-0.2, -0.15) is 4.31 Å². The molecule has 1 heterocycles. The summed E-state index contributed by atoms with van der Waals surface area (Å²) in [5.41, 5.74) is -0.133. The largest absolute Gasteiger partial charge is 0.395 e. The molecule has 144 valence electrons. The number of fused-ring (bicyclic) bond motifs is 1. The Balaban J connectivity index is 1.91. The van der Waals surface area contributed by atoms with Gasteiger partial charge in [-0.3, -0.25) is 4.79 Å². The minimum Gasteiger partial charge on any atom is -0.395 e. The van der Waals surface area contributed by atoms with Gasteiger partial charge in [0.2, 0.25) is 10.0 Å². The van der Waals surface area contributed by atoms with E-state index in [4.69, 9.17) is 5.11 Å². The predicted octanol–water partition coefficient (Wildman–Crippen LogP) is 1.72. The maximum Gasteiger partial charge on any atom is 0.255 e. The van der Waals surface area contributed by atoms with Crippen LogP contribution in [0, 0.1) is 17.5 Å². The number of rotatable bonds is 4. The van der Waals surface area contributed by atoms with Crippen LogP contribution < -0.4 is 10.6 Å². The van der Waals surface area contributed by atoms with Gasteiger partial charge >= 0.3 is 0 Å². The van der Waals surface area contributed by atoms with Crippen LogP contribution >= 0.6 is 0 Å². The second-order valence-corrected chi connectivity index (χ2v) is 7.56. The van der Waals surface area contributed by atoms with Crippen LogP contribution in [0.15, 0.2) is 35.2 Å². The molecule has 0 saturated carbocycles. The van der Waals surface area contributed by atoms with Gasteiger partial charge in [0.25, 0.3) is 5.91 Å². The minimum absolute atomic E-state index is 0.0322. The number of aliphatic hydroxyl groups is 1. The van der Waals surface area contributed by atoms with Crippen molar-refractivity contribution in [1.29, 1.82) is 0 Å². The zero-order valence-corrected chi connectivity index (χ0v) is 14.5. The number of hydrogen-bond donors (Lipinski definition) is 3. The number of nitrogens with one attached hydrogen (secondary N) is 2. The molecule has 3 N–H and O–H groups in total. The van der Waals surface area contributed by atoms with Gasteiger partial charge < -0.3 is 15.7 Å². The maximum absolute atomic E-state index is 13.3. The van der Waals surface area contributed by atoms with Crippen molar-refractivity contribution in [2.45, 2.75) is 4.90 Å². The van der Waals surface area contributed by atoms with Crippen LogP contribution in [0.25, 0.3) is 0 Å². The van der Waals surface area contributed by atoms with E-state index in [1.165, 1.54) is 12.1 Å². The lowest BCUT2D eigenvalue weighted by Gasteiger charge is -2.29. The van der Waals surface area contributed by atoms with Gasteiger partial charge in [-0.15, -0.1) is 0 Å². The van der Waals surface area contributed by atoms with E-state index in [0.29, 0.717) is 12.1 Å². The third-order valence-corrected chi connectivity index (χ3v) is 5.78. The van der Waals surface area contributed by atoms with Crippen molar-refractivity contribution < 1.29 is 31.5 Å². The summed E-state index contributed by atoms with van der Waals surface area (Å²) in [6.45, 7) is -0.535. The maximum atomic E-state index is 13.3. The average Bonchev–Trinajstić information content (AvgIpc) is 2.62. The second kappa shape index (κ2) is 7.18. The number of halogens is 3. The van der Waals surface area contributed by atoms with Crippen molar-refractivity contribution in [2.75, 3.05) is 30.5 Å². The highest BCUT2D eigenvalue weighted by Gasteiger charge is 2.31. The first-order chi connectivity index (χ1) is 12.7. The van der Waals surface area contributed by atoms with Crippen molar-refractivity contribution in [2.24, 2.45) is 0 Å². The van der Waals surface area contributed by atoms with Gasteiger partial charge in [-0.1, -0.05) is 0 Å². The van der Waals surface area contributed by atoms with Crippen LogP contribution in [-0.2, 0) is 10.0 Å². The van der Waals surface area contributed by atoms with Crippen LogP contribution in [-0.4, -0.2) is 43.6 Å². The highest BCUT2D eigenvalue weighted by Crippen LogP contribution is 2.30. The number of anilines is 2. The highest BCUT2D eigenvalue weighted by atomic mass is 32.2. The lowest BCUT2D eigenvalue weighted by molar-refractivity contribution is 0.102. The van der Waals surface area contributed by atoms with Crippen LogP contribution in [0.2, 0.25) is 0 Å². The molecule has 3 rings (SSSR count). The molecule has 0 radical (unpaired) electrons. The molecule has 1 amide bonds. The fraction of sp³-hybridized carbons (Fsp3) is 0.188. The predicted molar refractivity (Wildman–Crippen MR) is 90.2 cm³/mol. The van der Waals surface area contributed by atoms with Crippen molar-refractivity contribution in [3.8, 4) is 0 Å². The Kier molecular flexibility index (Phi) is 5.09. The van der Waals surface area contributed by atoms with E-state index in [1.807, 2.05) is 0 Å². The van der Waals surface area contributed by atoms with E-state index >= 15 is 0 Å². The first kappa shape index (κ1) is 19.1. The molecule has 1 aliphatic rings. The van der Waals surface area contributed by atoms with Crippen molar-refractivity contribution in [3.63, 3.8) is 0 Å².